The molecule has 4 aromatic rings. The van der Waals surface area contributed by atoms with E-state index in [0.717, 1.165) is 16.8 Å². The van der Waals surface area contributed by atoms with E-state index in [1.165, 1.54) is 12.1 Å². The molecule has 2 atom stereocenters. The minimum Gasteiger partial charge on any atom is -0.497 e. The van der Waals surface area contributed by atoms with Gasteiger partial charge in [0.1, 0.15) is 17.4 Å². The average molecular weight is 496 g/mol. The lowest BCUT2D eigenvalue weighted by molar-refractivity contribution is -0.119. The topological polar surface area (TPSA) is 71.5 Å². The molecule has 1 N–H and O–H groups in total. The largest absolute Gasteiger partial charge is 0.497 e. The first-order valence-electron chi connectivity index (χ1n) is 12.0. The molecule has 0 bridgehead atoms. The summed E-state index contributed by atoms with van der Waals surface area (Å²) in [4.78, 5) is 33.9. The summed E-state index contributed by atoms with van der Waals surface area (Å²) >= 11 is 0. The van der Waals surface area contributed by atoms with Crippen molar-refractivity contribution in [3.8, 4) is 5.75 Å². The van der Waals surface area contributed by atoms with Crippen LogP contribution >= 0.6 is 0 Å². The first-order valence-corrected chi connectivity index (χ1v) is 12.0. The zero-order valence-electron chi connectivity index (χ0n) is 20.5. The summed E-state index contributed by atoms with van der Waals surface area (Å²) in [5, 5.41) is 2.96. The first kappa shape index (κ1) is 24.2. The average Bonchev–Trinajstić information content (AvgIpc) is 2.91. The highest BCUT2D eigenvalue weighted by atomic mass is 19.1. The lowest BCUT2D eigenvalue weighted by Gasteiger charge is -2.42. The van der Waals surface area contributed by atoms with E-state index in [1.807, 2.05) is 55.5 Å². The molecule has 6 nitrogen and oxygen atoms in total. The number of carbonyl (C=O) groups excluding carboxylic acids is 2. The number of hydrogen-bond donors (Lipinski definition) is 1. The van der Waals surface area contributed by atoms with Crippen LogP contribution in [0.5, 0.6) is 5.75 Å². The number of aromatic nitrogens is 1. The van der Waals surface area contributed by atoms with Crippen molar-refractivity contribution in [3.05, 3.63) is 125 Å². The van der Waals surface area contributed by atoms with E-state index in [2.05, 4.69) is 10.3 Å². The van der Waals surface area contributed by atoms with Crippen LogP contribution in [0.25, 0.3) is 0 Å². The number of aryl methyl sites for hydroxylation is 1. The highest BCUT2D eigenvalue weighted by Crippen LogP contribution is 2.44. The van der Waals surface area contributed by atoms with E-state index in [9.17, 15) is 14.0 Å². The Morgan fingerprint density at radius 3 is 2.41 bits per heavy atom. The smallest absolute Gasteiger partial charge is 0.255 e. The summed E-state index contributed by atoms with van der Waals surface area (Å²) < 4.78 is 18.9. The highest BCUT2D eigenvalue weighted by molar-refractivity contribution is 6.04. The van der Waals surface area contributed by atoms with E-state index in [0.29, 0.717) is 22.7 Å². The molecule has 0 fully saturated rings. The van der Waals surface area contributed by atoms with Gasteiger partial charge in [-0.05, 0) is 66.1 Å². The Balaban J connectivity index is 1.63. The zero-order valence-corrected chi connectivity index (χ0v) is 20.5. The van der Waals surface area contributed by atoms with E-state index in [-0.39, 0.29) is 24.2 Å². The number of anilines is 1. The van der Waals surface area contributed by atoms with Crippen LogP contribution < -0.4 is 10.1 Å². The highest BCUT2D eigenvalue weighted by Gasteiger charge is 2.44. The van der Waals surface area contributed by atoms with Crippen molar-refractivity contribution >= 4 is 17.6 Å². The Hall–Kier alpha value is -4.52. The maximum Gasteiger partial charge on any atom is 0.255 e. The summed E-state index contributed by atoms with van der Waals surface area (Å²) in [7, 11) is 1.58. The molecule has 1 aliphatic rings. The molecule has 2 amide bonds. The predicted octanol–water partition coefficient (Wildman–Crippen LogP) is 5.66. The van der Waals surface area contributed by atoms with Crippen LogP contribution in [0.4, 0.5) is 10.2 Å². The fraction of sp³-hybridized carbons (Fsp3) is 0.167. The van der Waals surface area contributed by atoms with Crippen LogP contribution in [-0.4, -0.2) is 28.8 Å². The monoisotopic (exact) mass is 495 g/mol. The van der Waals surface area contributed by atoms with Crippen molar-refractivity contribution < 1.29 is 18.7 Å². The first-order chi connectivity index (χ1) is 17.9. The van der Waals surface area contributed by atoms with Crippen molar-refractivity contribution in [2.45, 2.75) is 25.4 Å². The Bertz CT molecular complexity index is 1440. The maximum atomic E-state index is 13.9. The number of ether oxygens (including phenoxy) is 1. The van der Waals surface area contributed by atoms with E-state index < -0.39 is 12.0 Å². The summed E-state index contributed by atoms with van der Waals surface area (Å²) in [6, 6.07) is 25.4. The second kappa shape index (κ2) is 10.2. The minimum atomic E-state index is -0.718. The standard InChI is InChI=1S/C30H26FN3O3/c1-19-6-5-9-26(32-19)33-29(35)27-24-7-3-4-8-25(24)30(36)34(18-20-10-14-22(31)15-11-20)28(27)21-12-16-23(37-2)17-13-21/h3-17,27-28H,18H2,1-2H3,(H,32,33,35)/t27-,28-/m1/s1. The zero-order chi connectivity index (χ0) is 25.9. The molecular weight excluding hydrogens is 469 g/mol. The van der Waals surface area contributed by atoms with E-state index in [4.69, 9.17) is 4.74 Å². The van der Waals surface area contributed by atoms with E-state index in [1.54, 1.807) is 42.3 Å². The van der Waals surface area contributed by atoms with Crippen molar-refractivity contribution in [1.29, 1.82) is 0 Å². The van der Waals surface area contributed by atoms with Gasteiger partial charge in [-0.25, -0.2) is 9.37 Å². The number of amides is 2. The SMILES string of the molecule is COc1ccc([C@@H]2[C@H](C(=O)Nc3cccc(C)n3)c3ccccc3C(=O)N2Cc2ccc(F)cc2)cc1. The van der Waals surface area contributed by atoms with E-state index >= 15 is 0 Å². The number of rotatable bonds is 6. The second-order valence-corrected chi connectivity index (χ2v) is 9.00. The quantitative estimate of drug-likeness (QED) is 0.375. The van der Waals surface area contributed by atoms with Gasteiger partial charge >= 0.3 is 0 Å². The molecule has 0 aliphatic carbocycles. The molecule has 0 spiro atoms. The van der Waals surface area contributed by atoms with Gasteiger partial charge in [0, 0.05) is 17.8 Å². The van der Waals surface area contributed by atoms with Gasteiger partial charge in [-0.3, -0.25) is 9.59 Å². The summed E-state index contributed by atoms with van der Waals surface area (Å²) in [6.45, 7) is 2.06. The van der Waals surface area contributed by atoms with Gasteiger partial charge in [0.25, 0.3) is 5.91 Å². The van der Waals surface area contributed by atoms with Gasteiger partial charge in [-0.1, -0.05) is 48.5 Å². The molecule has 37 heavy (non-hydrogen) atoms. The molecule has 3 aromatic carbocycles. The lowest BCUT2D eigenvalue weighted by Crippen LogP contribution is -2.45. The third-order valence-electron chi connectivity index (χ3n) is 6.58. The van der Waals surface area contributed by atoms with Crippen molar-refractivity contribution in [3.63, 3.8) is 0 Å². The van der Waals surface area contributed by atoms with Crippen molar-refractivity contribution in [2.75, 3.05) is 12.4 Å². The number of nitrogens with zero attached hydrogens (tertiary/aromatic N) is 2. The Morgan fingerprint density at radius 1 is 0.973 bits per heavy atom. The molecule has 7 heteroatoms. The number of halogens is 1. The number of methoxy groups -OCH3 is 1. The van der Waals surface area contributed by atoms with Gasteiger partial charge in [-0.15, -0.1) is 0 Å². The fourth-order valence-electron chi connectivity index (χ4n) is 4.83. The number of nitrogens with one attached hydrogen (secondary N) is 1. The van der Waals surface area contributed by atoms with Crippen LogP contribution in [0.15, 0.2) is 91.0 Å². The van der Waals surface area contributed by atoms with Crippen molar-refractivity contribution in [2.24, 2.45) is 0 Å². The molecule has 0 radical (unpaired) electrons. The summed E-state index contributed by atoms with van der Waals surface area (Å²) in [5.41, 5.74) is 3.43. The third kappa shape index (κ3) is 4.93. The molecule has 1 aromatic heterocycles. The molecule has 186 valence electrons. The fourth-order valence-corrected chi connectivity index (χ4v) is 4.83. The number of fused-ring (bicyclic) bond motifs is 1. The number of benzene rings is 3. The number of carbonyl (C=O) groups is 2. The molecular formula is C30H26FN3O3. The Kier molecular flexibility index (Phi) is 6.68. The van der Waals surface area contributed by atoms with Crippen LogP contribution in [0, 0.1) is 12.7 Å². The van der Waals surface area contributed by atoms with Gasteiger partial charge in [0.2, 0.25) is 5.91 Å². The summed E-state index contributed by atoms with van der Waals surface area (Å²) in [6.07, 6.45) is 0. The molecule has 1 aliphatic heterocycles. The molecule has 0 unspecified atom stereocenters. The molecule has 0 saturated heterocycles. The number of hydrogen-bond acceptors (Lipinski definition) is 4. The van der Waals surface area contributed by atoms with Crippen molar-refractivity contribution in [1.82, 2.24) is 9.88 Å². The molecule has 5 rings (SSSR count). The Labute approximate surface area is 214 Å². The van der Waals surface area contributed by atoms with Gasteiger partial charge in [0.05, 0.1) is 19.1 Å². The Morgan fingerprint density at radius 2 is 1.70 bits per heavy atom. The predicted molar refractivity (Wildman–Crippen MR) is 139 cm³/mol. The normalized spacial score (nSPS) is 16.7. The van der Waals surface area contributed by atoms with Crippen LogP contribution in [-0.2, 0) is 11.3 Å². The maximum absolute atomic E-state index is 13.9. The molecule has 2 heterocycles. The number of pyridine rings is 1. The minimum absolute atomic E-state index is 0.196. The summed E-state index contributed by atoms with van der Waals surface area (Å²) in [5.74, 6) is -0.431. The van der Waals surface area contributed by atoms with Crippen LogP contribution in [0.2, 0.25) is 0 Å². The molecule has 0 saturated carbocycles. The van der Waals surface area contributed by atoms with Crippen LogP contribution in [0.3, 0.4) is 0 Å². The van der Waals surface area contributed by atoms with Gasteiger partial charge in [-0.2, -0.15) is 0 Å². The lowest BCUT2D eigenvalue weighted by atomic mass is 9.79. The van der Waals surface area contributed by atoms with Crippen LogP contribution in [0.1, 0.15) is 44.7 Å². The third-order valence-corrected chi connectivity index (χ3v) is 6.58. The van der Waals surface area contributed by atoms with Gasteiger partial charge in [0.15, 0.2) is 0 Å². The van der Waals surface area contributed by atoms with Gasteiger partial charge < -0.3 is 15.0 Å². The second-order valence-electron chi connectivity index (χ2n) is 9.00.